The van der Waals surface area contributed by atoms with Crippen LogP contribution in [0.25, 0.3) is 0 Å². The summed E-state index contributed by atoms with van der Waals surface area (Å²) in [7, 11) is 5.52. The Labute approximate surface area is 113 Å². The van der Waals surface area contributed by atoms with Gasteiger partial charge in [-0.05, 0) is 26.4 Å². The average molecular weight is 264 g/mol. The first-order valence-electron chi connectivity index (χ1n) is 6.40. The van der Waals surface area contributed by atoms with Crippen molar-refractivity contribution in [3.63, 3.8) is 0 Å². The molecule has 2 heterocycles. The fraction of sp³-hybridized carbons (Fsp3) is 0.615. The number of rotatable bonds is 4. The Balaban J connectivity index is 1.98. The molecular weight excluding hydrogens is 244 g/mol. The van der Waals surface area contributed by atoms with E-state index < -0.39 is 5.97 Å². The van der Waals surface area contributed by atoms with E-state index in [1.807, 2.05) is 0 Å². The highest BCUT2D eigenvalue weighted by atomic mass is 16.5. The number of carbonyl (C=O) groups excluding carboxylic acids is 1. The van der Waals surface area contributed by atoms with Crippen LogP contribution in [0.5, 0.6) is 0 Å². The van der Waals surface area contributed by atoms with Gasteiger partial charge in [0.15, 0.2) is 5.69 Å². The first-order chi connectivity index (χ1) is 9.10. The van der Waals surface area contributed by atoms with Crippen LogP contribution in [-0.4, -0.2) is 61.7 Å². The van der Waals surface area contributed by atoms with Gasteiger partial charge >= 0.3 is 5.97 Å². The maximum absolute atomic E-state index is 11.3. The van der Waals surface area contributed by atoms with E-state index in [2.05, 4.69) is 38.6 Å². The van der Waals surface area contributed by atoms with Crippen LogP contribution in [0.1, 0.15) is 16.9 Å². The summed E-state index contributed by atoms with van der Waals surface area (Å²) in [6.07, 6.45) is 4.28. The lowest BCUT2D eigenvalue weighted by molar-refractivity contribution is 0.0593. The molecule has 6 nitrogen and oxygen atoms in total. The molecule has 1 aliphatic rings. The molecular formula is C13H20N4O2. The number of hydrogen-bond acceptors (Lipinski definition) is 6. The van der Waals surface area contributed by atoms with E-state index in [9.17, 15) is 4.79 Å². The fourth-order valence-electron chi connectivity index (χ4n) is 2.40. The highest BCUT2D eigenvalue weighted by Gasteiger charge is 2.24. The van der Waals surface area contributed by atoms with E-state index in [0.717, 1.165) is 25.5 Å². The summed E-state index contributed by atoms with van der Waals surface area (Å²) in [5, 5.41) is 0. The van der Waals surface area contributed by atoms with Crippen LogP contribution in [0.2, 0.25) is 0 Å². The zero-order valence-electron chi connectivity index (χ0n) is 11.7. The Hall–Kier alpha value is -1.69. The van der Waals surface area contributed by atoms with E-state index in [4.69, 9.17) is 0 Å². The predicted molar refractivity (Wildman–Crippen MR) is 72.2 cm³/mol. The minimum absolute atomic E-state index is 0.246. The van der Waals surface area contributed by atoms with Crippen molar-refractivity contribution in [1.29, 1.82) is 0 Å². The molecule has 1 aliphatic heterocycles. The van der Waals surface area contributed by atoms with Gasteiger partial charge in [-0.2, -0.15) is 0 Å². The van der Waals surface area contributed by atoms with Gasteiger partial charge in [0.2, 0.25) is 0 Å². The summed E-state index contributed by atoms with van der Waals surface area (Å²) < 4.78 is 4.60. The lowest BCUT2D eigenvalue weighted by Gasteiger charge is -2.18. The van der Waals surface area contributed by atoms with Gasteiger partial charge in [-0.1, -0.05) is 0 Å². The molecule has 1 saturated heterocycles. The SMILES string of the molecule is COC(=O)c1cnc(N2CC[C@H](CN(C)C)C2)cn1. The molecule has 0 aliphatic carbocycles. The van der Waals surface area contributed by atoms with E-state index >= 15 is 0 Å². The van der Waals surface area contributed by atoms with Gasteiger partial charge in [-0.25, -0.2) is 14.8 Å². The molecule has 104 valence electrons. The molecule has 0 spiro atoms. The maximum Gasteiger partial charge on any atom is 0.358 e. The molecule has 1 fully saturated rings. The molecule has 0 aromatic carbocycles. The average Bonchev–Trinajstić information content (AvgIpc) is 2.85. The number of nitrogens with zero attached hydrogens (tertiary/aromatic N) is 4. The molecule has 0 unspecified atom stereocenters. The molecule has 2 rings (SSSR count). The smallest absolute Gasteiger partial charge is 0.358 e. The van der Waals surface area contributed by atoms with E-state index in [0.29, 0.717) is 5.92 Å². The van der Waals surface area contributed by atoms with Crippen LogP contribution in [0.15, 0.2) is 12.4 Å². The lowest BCUT2D eigenvalue weighted by Crippen LogP contribution is -2.26. The highest BCUT2D eigenvalue weighted by molar-refractivity contribution is 5.86. The lowest BCUT2D eigenvalue weighted by atomic mass is 10.1. The number of ether oxygens (including phenoxy) is 1. The summed E-state index contributed by atoms with van der Waals surface area (Å²) in [5.41, 5.74) is 0.246. The predicted octanol–water partition coefficient (Wildman–Crippen LogP) is 0.651. The summed E-state index contributed by atoms with van der Waals surface area (Å²) in [6, 6.07) is 0. The summed E-state index contributed by atoms with van der Waals surface area (Å²) >= 11 is 0. The molecule has 6 heteroatoms. The maximum atomic E-state index is 11.3. The van der Waals surface area contributed by atoms with Crippen LogP contribution in [0.3, 0.4) is 0 Å². The Bertz CT molecular complexity index is 433. The van der Waals surface area contributed by atoms with Crippen LogP contribution in [0.4, 0.5) is 5.82 Å². The molecule has 19 heavy (non-hydrogen) atoms. The number of carbonyl (C=O) groups is 1. The van der Waals surface area contributed by atoms with Gasteiger partial charge in [0.05, 0.1) is 19.5 Å². The third kappa shape index (κ3) is 3.41. The zero-order chi connectivity index (χ0) is 13.8. The first-order valence-corrected chi connectivity index (χ1v) is 6.40. The Morgan fingerprint density at radius 2 is 2.26 bits per heavy atom. The van der Waals surface area contributed by atoms with Gasteiger partial charge in [0, 0.05) is 19.6 Å². The van der Waals surface area contributed by atoms with Crippen LogP contribution in [-0.2, 0) is 4.74 Å². The number of anilines is 1. The van der Waals surface area contributed by atoms with Gasteiger partial charge in [0.25, 0.3) is 0 Å². The number of aromatic nitrogens is 2. The van der Waals surface area contributed by atoms with Crippen molar-refractivity contribution in [2.45, 2.75) is 6.42 Å². The van der Waals surface area contributed by atoms with E-state index in [1.165, 1.54) is 19.7 Å². The van der Waals surface area contributed by atoms with Gasteiger partial charge in [0.1, 0.15) is 5.82 Å². The van der Waals surface area contributed by atoms with Crippen molar-refractivity contribution < 1.29 is 9.53 Å². The molecule has 1 atom stereocenters. The second-order valence-electron chi connectivity index (χ2n) is 5.11. The minimum Gasteiger partial charge on any atom is -0.464 e. The number of esters is 1. The van der Waals surface area contributed by atoms with Gasteiger partial charge in [-0.15, -0.1) is 0 Å². The van der Waals surface area contributed by atoms with Crippen LogP contribution < -0.4 is 4.90 Å². The Kier molecular flexibility index (Phi) is 4.31. The summed E-state index contributed by atoms with van der Waals surface area (Å²) in [5.74, 6) is 1.04. The molecule has 0 N–H and O–H groups in total. The normalized spacial score (nSPS) is 18.9. The Morgan fingerprint density at radius 1 is 1.47 bits per heavy atom. The van der Waals surface area contributed by atoms with Crippen molar-refractivity contribution in [1.82, 2.24) is 14.9 Å². The zero-order valence-corrected chi connectivity index (χ0v) is 11.7. The fourth-order valence-corrected chi connectivity index (χ4v) is 2.40. The quantitative estimate of drug-likeness (QED) is 0.744. The summed E-state index contributed by atoms with van der Waals surface area (Å²) in [6.45, 7) is 3.07. The highest BCUT2D eigenvalue weighted by Crippen LogP contribution is 2.21. The van der Waals surface area contributed by atoms with Crippen molar-refractivity contribution >= 4 is 11.8 Å². The molecule has 1 aromatic rings. The van der Waals surface area contributed by atoms with Crippen molar-refractivity contribution in [3.8, 4) is 0 Å². The monoisotopic (exact) mass is 264 g/mol. The number of hydrogen-bond donors (Lipinski definition) is 0. The second kappa shape index (κ2) is 5.97. The van der Waals surface area contributed by atoms with Crippen LogP contribution in [0, 0.1) is 5.92 Å². The molecule has 0 bridgehead atoms. The minimum atomic E-state index is -0.453. The van der Waals surface area contributed by atoms with Gasteiger partial charge < -0.3 is 14.5 Å². The van der Waals surface area contributed by atoms with E-state index in [-0.39, 0.29) is 5.69 Å². The molecule has 0 amide bonds. The third-order valence-corrected chi connectivity index (χ3v) is 3.27. The largest absolute Gasteiger partial charge is 0.464 e. The second-order valence-corrected chi connectivity index (χ2v) is 5.11. The third-order valence-electron chi connectivity index (χ3n) is 3.27. The number of methoxy groups -OCH3 is 1. The van der Waals surface area contributed by atoms with Crippen molar-refractivity contribution in [2.75, 3.05) is 45.7 Å². The Morgan fingerprint density at radius 3 is 2.84 bits per heavy atom. The van der Waals surface area contributed by atoms with Crippen LogP contribution >= 0.6 is 0 Å². The molecule has 1 aromatic heterocycles. The molecule has 0 saturated carbocycles. The van der Waals surface area contributed by atoms with E-state index in [1.54, 1.807) is 6.20 Å². The first kappa shape index (κ1) is 13.7. The standard InChI is InChI=1S/C13H20N4O2/c1-16(2)8-10-4-5-17(9-10)12-7-14-11(6-15-12)13(18)19-3/h6-7,10H,4-5,8-9H2,1-3H3/t10-/m1/s1. The topological polar surface area (TPSA) is 58.6 Å². The van der Waals surface area contributed by atoms with Gasteiger partial charge in [-0.3, -0.25) is 0 Å². The van der Waals surface area contributed by atoms with Crippen molar-refractivity contribution in [3.05, 3.63) is 18.1 Å². The molecule has 0 radical (unpaired) electrons. The van der Waals surface area contributed by atoms with Crippen molar-refractivity contribution in [2.24, 2.45) is 5.92 Å². The summed E-state index contributed by atoms with van der Waals surface area (Å²) in [4.78, 5) is 24.1.